The maximum absolute atomic E-state index is 12.2. The Kier molecular flexibility index (Phi) is 5.25. The van der Waals surface area contributed by atoms with E-state index in [4.69, 9.17) is 4.74 Å². The zero-order valence-electron chi connectivity index (χ0n) is 13.2. The molecule has 0 amide bonds. The van der Waals surface area contributed by atoms with Gasteiger partial charge in [-0.05, 0) is 33.6 Å². The summed E-state index contributed by atoms with van der Waals surface area (Å²) in [7, 11) is 1.76. The number of aromatic nitrogens is 2. The summed E-state index contributed by atoms with van der Waals surface area (Å²) in [6.07, 6.45) is 4.22. The van der Waals surface area contributed by atoms with E-state index in [2.05, 4.69) is 31.9 Å². The van der Waals surface area contributed by atoms with E-state index in [0.29, 0.717) is 6.42 Å². The first-order valence-corrected chi connectivity index (χ1v) is 8.50. The predicted octanol–water partition coefficient (Wildman–Crippen LogP) is 1.97. The van der Waals surface area contributed by atoms with Gasteiger partial charge in [0.05, 0.1) is 13.2 Å². The van der Waals surface area contributed by atoms with Crippen molar-refractivity contribution in [3.63, 3.8) is 0 Å². The second-order valence-corrected chi connectivity index (χ2v) is 6.74. The third-order valence-electron chi connectivity index (χ3n) is 3.99. The summed E-state index contributed by atoms with van der Waals surface area (Å²) in [6.45, 7) is 4.44. The van der Waals surface area contributed by atoms with E-state index in [-0.39, 0.29) is 5.56 Å². The number of nitrogens with zero attached hydrogens (tertiary/aromatic N) is 3. The molecule has 0 aliphatic carbocycles. The molecule has 3 rings (SSSR count). The van der Waals surface area contributed by atoms with Gasteiger partial charge >= 0.3 is 0 Å². The van der Waals surface area contributed by atoms with Gasteiger partial charge in [0.2, 0.25) is 0 Å². The van der Waals surface area contributed by atoms with Crippen molar-refractivity contribution in [1.29, 1.82) is 0 Å². The van der Waals surface area contributed by atoms with Crippen LogP contribution in [0, 0.1) is 0 Å². The highest BCUT2D eigenvalue weighted by molar-refractivity contribution is 9.10. The minimum Gasteiger partial charge on any atom is -0.379 e. The largest absolute Gasteiger partial charge is 0.379 e. The lowest BCUT2D eigenvalue weighted by Crippen LogP contribution is -2.35. The standard InChI is InChI=1S/C17H20BrN3O2/c1-20-12-15(18)8-14(17(20)22)9-16-3-2-13(10-19-16)11-21-4-6-23-7-5-21/h2-3,8,10,12H,4-7,9,11H2,1H3. The van der Waals surface area contributed by atoms with Crippen LogP contribution in [0.2, 0.25) is 0 Å². The van der Waals surface area contributed by atoms with Crippen LogP contribution in [0.1, 0.15) is 16.8 Å². The minimum absolute atomic E-state index is 0.0207. The first-order valence-electron chi connectivity index (χ1n) is 7.71. The summed E-state index contributed by atoms with van der Waals surface area (Å²) in [4.78, 5) is 19.0. The highest BCUT2D eigenvalue weighted by Crippen LogP contribution is 2.12. The van der Waals surface area contributed by atoms with E-state index in [1.165, 1.54) is 5.56 Å². The number of rotatable bonds is 4. The summed E-state index contributed by atoms with van der Waals surface area (Å²) < 4.78 is 7.85. The van der Waals surface area contributed by atoms with Crippen LogP contribution in [0.5, 0.6) is 0 Å². The maximum atomic E-state index is 12.2. The second kappa shape index (κ2) is 7.38. The van der Waals surface area contributed by atoms with Gasteiger partial charge in [-0.25, -0.2) is 0 Å². The number of halogens is 1. The van der Waals surface area contributed by atoms with Crippen LogP contribution in [-0.2, 0) is 24.8 Å². The zero-order valence-corrected chi connectivity index (χ0v) is 14.8. The number of pyridine rings is 2. The molecule has 0 radical (unpaired) electrons. The smallest absolute Gasteiger partial charge is 0.253 e. The average molecular weight is 378 g/mol. The minimum atomic E-state index is 0.0207. The van der Waals surface area contributed by atoms with Crippen molar-refractivity contribution in [2.45, 2.75) is 13.0 Å². The lowest BCUT2D eigenvalue weighted by Gasteiger charge is -2.26. The summed E-state index contributed by atoms with van der Waals surface area (Å²) >= 11 is 3.43. The van der Waals surface area contributed by atoms with Crippen molar-refractivity contribution < 1.29 is 4.74 Å². The van der Waals surface area contributed by atoms with Crippen molar-refractivity contribution in [2.75, 3.05) is 26.3 Å². The highest BCUT2D eigenvalue weighted by atomic mass is 79.9. The molecule has 1 fully saturated rings. The molecule has 2 aromatic heterocycles. The molecule has 6 heteroatoms. The summed E-state index contributed by atoms with van der Waals surface area (Å²) in [5.74, 6) is 0. The molecular weight excluding hydrogens is 358 g/mol. The monoisotopic (exact) mass is 377 g/mol. The van der Waals surface area contributed by atoms with Crippen molar-refractivity contribution >= 4 is 15.9 Å². The number of hydrogen-bond donors (Lipinski definition) is 0. The van der Waals surface area contributed by atoms with E-state index >= 15 is 0 Å². The first-order chi connectivity index (χ1) is 11.1. The average Bonchev–Trinajstić information content (AvgIpc) is 2.55. The van der Waals surface area contributed by atoms with E-state index in [9.17, 15) is 4.79 Å². The summed E-state index contributed by atoms with van der Waals surface area (Å²) in [5, 5.41) is 0. The van der Waals surface area contributed by atoms with Crippen molar-refractivity contribution in [2.24, 2.45) is 7.05 Å². The van der Waals surface area contributed by atoms with Crippen LogP contribution in [-0.4, -0.2) is 40.8 Å². The van der Waals surface area contributed by atoms with Crippen LogP contribution in [0.4, 0.5) is 0 Å². The molecule has 122 valence electrons. The molecule has 0 saturated carbocycles. The van der Waals surface area contributed by atoms with E-state index in [1.54, 1.807) is 17.8 Å². The van der Waals surface area contributed by atoms with Crippen molar-refractivity contribution in [3.8, 4) is 0 Å². The van der Waals surface area contributed by atoms with Crippen molar-refractivity contribution in [3.05, 3.63) is 62.2 Å². The number of morpholine rings is 1. The third kappa shape index (κ3) is 4.28. The van der Waals surface area contributed by atoms with Gasteiger partial charge in [0.15, 0.2) is 0 Å². The molecule has 0 spiro atoms. The van der Waals surface area contributed by atoms with Gasteiger partial charge in [0, 0.05) is 61.2 Å². The van der Waals surface area contributed by atoms with Gasteiger partial charge in [-0.3, -0.25) is 14.7 Å². The lowest BCUT2D eigenvalue weighted by atomic mass is 10.1. The fourth-order valence-corrected chi connectivity index (χ4v) is 3.31. The van der Waals surface area contributed by atoms with Gasteiger partial charge in [0.1, 0.15) is 0 Å². The lowest BCUT2D eigenvalue weighted by molar-refractivity contribution is 0.0341. The molecule has 0 N–H and O–H groups in total. The molecular formula is C17H20BrN3O2. The molecule has 1 aliphatic rings. The quantitative estimate of drug-likeness (QED) is 0.816. The van der Waals surface area contributed by atoms with Crippen LogP contribution in [0.15, 0.2) is 39.9 Å². The third-order valence-corrected chi connectivity index (χ3v) is 4.43. The van der Waals surface area contributed by atoms with Gasteiger partial charge in [-0.15, -0.1) is 0 Å². The predicted molar refractivity (Wildman–Crippen MR) is 92.5 cm³/mol. The Morgan fingerprint density at radius 3 is 2.78 bits per heavy atom. The van der Waals surface area contributed by atoms with E-state index in [1.807, 2.05) is 18.3 Å². The maximum Gasteiger partial charge on any atom is 0.253 e. The van der Waals surface area contributed by atoms with Crippen LogP contribution in [0.3, 0.4) is 0 Å². The van der Waals surface area contributed by atoms with Gasteiger partial charge in [-0.1, -0.05) is 6.07 Å². The number of hydrogen-bond acceptors (Lipinski definition) is 4. The van der Waals surface area contributed by atoms with Crippen LogP contribution < -0.4 is 5.56 Å². The molecule has 0 aromatic carbocycles. The summed E-state index contributed by atoms with van der Waals surface area (Å²) in [6, 6.07) is 5.97. The van der Waals surface area contributed by atoms with Gasteiger partial charge in [-0.2, -0.15) is 0 Å². The molecule has 0 atom stereocenters. The zero-order chi connectivity index (χ0) is 16.2. The normalized spacial score (nSPS) is 15.7. The SMILES string of the molecule is Cn1cc(Br)cc(Cc2ccc(CN3CCOCC3)cn2)c1=O. The Hall–Kier alpha value is -1.50. The first kappa shape index (κ1) is 16.4. The van der Waals surface area contributed by atoms with E-state index in [0.717, 1.165) is 48.6 Å². The van der Waals surface area contributed by atoms with Crippen LogP contribution in [0.25, 0.3) is 0 Å². The van der Waals surface area contributed by atoms with E-state index < -0.39 is 0 Å². The Morgan fingerprint density at radius 2 is 2.09 bits per heavy atom. The molecule has 1 aliphatic heterocycles. The molecule has 0 bridgehead atoms. The highest BCUT2D eigenvalue weighted by Gasteiger charge is 2.11. The van der Waals surface area contributed by atoms with Crippen molar-refractivity contribution in [1.82, 2.24) is 14.5 Å². The molecule has 2 aromatic rings. The summed E-state index contributed by atoms with van der Waals surface area (Å²) in [5.41, 5.74) is 2.87. The fourth-order valence-electron chi connectivity index (χ4n) is 2.73. The van der Waals surface area contributed by atoms with Gasteiger partial charge in [0.25, 0.3) is 5.56 Å². The number of ether oxygens (including phenoxy) is 1. The molecule has 0 unspecified atom stereocenters. The van der Waals surface area contributed by atoms with Gasteiger partial charge < -0.3 is 9.30 Å². The number of aryl methyl sites for hydroxylation is 1. The Labute approximate surface area is 144 Å². The Morgan fingerprint density at radius 1 is 1.30 bits per heavy atom. The Bertz CT molecular complexity index is 722. The Balaban J connectivity index is 1.69. The molecule has 3 heterocycles. The second-order valence-electron chi connectivity index (χ2n) is 5.82. The van der Waals surface area contributed by atoms with Crippen LogP contribution >= 0.6 is 15.9 Å². The molecule has 5 nitrogen and oxygen atoms in total. The molecule has 1 saturated heterocycles. The topological polar surface area (TPSA) is 47.4 Å². The molecule has 23 heavy (non-hydrogen) atoms. The fraction of sp³-hybridized carbons (Fsp3) is 0.412.